The number of aryl methyl sites for hydroxylation is 1. The summed E-state index contributed by atoms with van der Waals surface area (Å²) in [4.78, 5) is 0. The van der Waals surface area contributed by atoms with E-state index in [9.17, 15) is 0 Å². The highest BCUT2D eigenvalue weighted by atomic mass is 14.9. The van der Waals surface area contributed by atoms with Crippen LogP contribution in [0.1, 0.15) is 25.3 Å². The topological polar surface area (TPSA) is 4.93 Å². The molecule has 0 N–H and O–H groups in total. The summed E-state index contributed by atoms with van der Waals surface area (Å²) in [6, 6.07) is 17.3. The minimum atomic E-state index is 0.537. The lowest BCUT2D eigenvalue weighted by molar-refractivity contribution is 0.869. The Balaban J connectivity index is 2.31. The van der Waals surface area contributed by atoms with Gasteiger partial charge in [0.25, 0.3) is 0 Å². The molecular formula is C18H19N. The smallest absolute Gasteiger partial charge is 0.0484 e. The molecule has 0 fully saturated rings. The molecular weight excluding hydrogens is 230 g/mol. The lowest BCUT2D eigenvalue weighted by Gasteiger charge is -2.11. The molecule has 0 amide bonds. The standard InChI is InChI=1S/C18H19N/c1-13(2)14-8-4-5-9-15(14)17-12-19(3)18-11-7-6-10-16(17)18/h4-13H,1-3H3. The number of aromatic nitrogens is 1. The Kier molecular flexibility index (Phi) is 2.90. The van der Waals surface area contributed by atoms with Gasteiger partial charge in [0.05, 0.1) is 0 Å². The molecule has 0 bridgehead atoms. The Bertz CT molecular complexity index is 719. The Morgan fingerprint density at radius 2 is 1.53 bits per heavy atom. The fraction of sp³-hybridized carbons (Fsp3) is 0.222. The second kappa shape index (κ2) is 4.58. The normalized spacial score (nSPS) is 11.4. The van der Waals surface area contributed by atoms with Crippen molar-refractivity contribution in [1.29, 1.82) is 0 Å². The first-order valence-corrected chi connectivity index (χ1v) is 6.82. The molecule has 0 atom stereocenters. The minimum absolute atomic E-state index is 0.537. The van der Waals surface area contributed by atoms with E-state index < -0.39 is 0 Å². The van der Waals surface area contributed by atoms with Crippen LogP contribution in [0.4, 0.5) is 0 Å². The Morgan fingerprint density at radius 3 is 2.32 bits per heavy atom. The largest absolute Gasteiger partial charge is 0.350 e. The Labute approximate surface area is 114 Å². The third-order valence-electron chi connectivity index (χ3n) is 3.77. The van der Waals surface area contributed by atoms with Gasteiger partial charge < -0.3 is 4.57 Å². The maximum Gasteiger partial charge on any atom is 0.0484 e. The molecule has 0 radical (unpaired) electrons. The van der Waals surface area contributed by atoms with Crippen molar-refractivity contribution >= 4 is 10.9 Å². The van der Waals surface area contributed by atoms with Crippen LogP contribution >= 0.6 is 0 Å². The summed E-state index contributed by atoms with van der Waals surface area (Å²) < 4.78 is 2.21. The fourth-order valence-electron chi connectivity index (χ4n) is 2.80. The summed E-state index contributed by atoms with van der Waals surface area (Å²) >= 11 is 0. The van der Waals surface area contributed by atoms with Gasteiger partial charge in [-0.05, 0) is 23.1 Å². The second-order valence-corrected chi connectivity index (χ2v) is 5.41. The van der Waals surface area contributed by atoms with Gasteiger partial charge in [-0.2, -0.15) is 0 Å². The van der Waals surface area contributed by atoms with Crippen molar-refractivity contribution in [2.45, 2.75) is 19.8 Å². The van der Waals surface area contributed by atoms with Gasteiger partial charge in [-0.15, -0.1) is 0 Å². The molecule has 0 spiro atoms. The van der Waals surface area contributed by atoms with E-state index in [-0.39, 0.29) is 0 Å². The molecule has 19 heavy (non-hydrogen) atoms. The Morgan fingerprint density at radius 1 is 0.842 bits per heavy atom. The number of hydrogen-bond acceptors (Lipinski definition) is 0. The van der Waals surface area contributed by atoms with Crippen molar-refractivity contribution in [2.75, 3.05) is 0 Å². The van der Waals surface area contributed by atoms with E-state index in [4.69, 9.17) is 0 Å². The van der Waals surface area contributed by atoms with Gasteiger partial charge in [-0.3, -0.25) is 0 Å². The molecule has 0 aliphatic carbocycles. The average Bonchev–Trinajstić information content (AvgIpc) is 2.77. The molecule has 0 unspecified atom stereocenters. The highest BCUT2D eigenvalue weighted by Crippen LogP contribution is 2.34. The van der Waals surface area contributed by atoms with E-state index >= 15 is 0 Å². The van der Waals surface area contributed by atoms with Gasteiger partial charge in [-0.25, -0.2) is 0 Å². The zero-order valence-electron chi connectivity index (χ0n) is 11.7. The highest BCUT2D eigenvalue weighted by Gasteiger charge is 2.12. The number of fused-ring (bicyclic) bond motifs is 1. The third-order valence-corrected chi connectivity index (χ3v) is 3.77. The summed E-state index contributed by atoms with van der Waals surface area (Å²) in [5.74, 6) is 0.537. The zero-order valence-corrected chi connectivity index (χ0v) is 11.7. The molecule has 3 rings (SSSR count). The SMILES string of the molecule is CC(C)c1ccccc1-c1cn(C)c2ccccc12. The summed E-state index contributed by atoms with van der Waals surface area (Å²) in [7, 11) is 2.11. The van der Waals surface area contributed by atoms with E-state index in [0.29, 0.717) is 5.92 Å². The van der Waals surface area contributed by atoms with Crippen LogP contribution in [0.5, 0.6) is 0 Å². The van der Waals surface area contributed by atoms with Gasteiger partial charge in [0.2, 0.25) is 0 Å². The fourth-order valence-corrected chi connectivity index (χ4v) is 2.80. The van der Waals surface area contributed by atoms with E-state index in [1.165, 1.54) is 27.6 Å². The summed E-state index contributed by atoms with van der Waals surface area (Å²) in [5, 5.41) is 1.33. The number of rotatable bonds is 2. The lowest BCUT2D eigenvalue weighted by atomic mass is 9.92. The second-order valence-electron chi connectivity index (χ2n) is 5.41. The first kappa shape index (κ1) is 12.0. The van der Waals surface area contributed by atoms with Gasteiger partial charge in [0.1, 0.15) is 0 Å². The first-order valence-electron chi connectivity index (χ1n) is 6.82. The molecule has 1 aromatic heterocycles. The van der Waals surface area contributed by atoms with Crippen molar-refractivity contribution in [1.82, 2.24) is 4.57 Å². The maximum atomic E-state index is 2.25. The zero-order chi connectivity index (χ0) is 13.4. The predicted octanol–water partition coefficient (Wildman–Crippen LogP) is 4.97. The molecule has 3 aromatic rings. The maximum absolute atomic E-state index is 2.25. The third kappa shape index (κ3) is 1.95. The molecule has 96 valence electrons. The van der Waals surface area contributed by atoms with Crippen LogP contribution in [0.15, 0.2) is 54.7 Å². The molecule has 1 nitrogen and oxygen atoms in total. The highest BCUT2D eigenvalue weighted by molar-refractivity contribution is 5.96. The monoisotopic (exact) mass is 249 g/mol. The van der Waals surface area contributed by atoms with Crippen LogP contribution in [-0.4, -0.2) is 4.57 Å². The first-order chi connectivity index (χ1) is 9.18. The molecule has 2 aromatic carbocycles. The molecule has 1 heteroatoms. The molecule has 1 heterocycles. The number of nitrogens with zero attached hydrogens (tertiary/aromatic N) is 1. The van der Waals surface area contributed by atoms with Crippen LogP contribution in [0.3, 0.4) is 0 Å². The van der Waals surface area contributed by atoms with E-state index in [2.05, 4.69) is 80.2 Å². The number of benzene rings is 2. The predicted molar refractivity (Wildman–Crippen MR) is 82.4 cm³/mol. The summed E-state index contributed by atoms with van der Waals surface area (Å²) in [6.07, 6.45) is 2.24. The quantitative estimate of drug-likeness (QED) is 0.604. The van der Waals surface area contributed by atoms with Crippen LogP contribution in [0, 0.1) is 0 Å². The van der Waals surface area contributed by atoms with Gasteiger partial charge >= 0.3 is 0 Å². The van der Waals surface area contributed by atoms with E-state index in [1.54, 1.807) is 0 Å². The summed E-state index contributed by atoms with van der Waals surface area (Å²) in [5.41, 5.74) is 5.40. The van der Waals surface area contributed by atoms with Crippen LogP contribution in [-0.2, 0) is 7.05 Å². The van der Waals surface area contributed by atoms with Crippen molar-refractivity contribution in [3.63, 3.8) is 0 Å². The molecule has 0 saturated carbocycles. The van der Waals surface area contributed by atoms with Crippen molar-refractivity contribution in [3.8, 4) is 11.1 Å². The molecule has 0 aliphatic heterocycles. The van der Waals surface area contributed by atoms with Gasteiger partial charge in [0.15, 0.2) is 0 Å². The van der Waals surface area contributed by atoms with E-state index in [1.807, 2.05) is 0 Å². The number of hydrogen-bond donors (Lipinski definition) is 0. The summed E-state index contributed by atoms with van der Waals surface area (Å²) in [6.45, 7) is 4.51. The average molecular weight is 249 g/mol. The van der Waals surface area contributed by atoms with Crippen molar-refractivity contribution in [2.24, 2.45) is 7.05 Å². The van der Waals surface area contributed by atoms with Crippen molar-refractivity contribution in [3.05, 3.63) is 60.3 Å². The minimum Gasteiger partial charge on any atom is -0.350 e. The van der Waals surface area contributed by atoms with Crippen LogP contribution in [0.25, 0.3) is 22.0 Å². The van der Waals surface area contributed by atoms with Crippen LogP contribution < -0.4 is 0 Å². The Hall–Kier alpha value is -2.02. The molecule has 0 saturated heterocycles. The van der Waals surface area contributed by atoms with Crippen LogP contribution in [0.2, 0.25) is 0 Å². The van der Waals surface area contributed by atoms with E-state index in [0.717, 1.165) is 0 Å². The van der Waals surface area contributed by atoms with Gasteiger partial charge in [-0.1, -0.05) is 56.3 Å². The molecule has 0 aliphatic rings. The number of para-hydroxylation sites is 1. The lowest BCUT2D eigenvalue weighted by Crippen LogP contribution is -1.91. The van der Waals surface area contributed by atoms with Crippen molar-refractivity contribution < 1.29 is 0 Å². The van der Waals surface area contributed by atoms with Gasteiger partial charge in [0, 0.05) is 29.7 Å².